The molecule has 0 aliphatic heterocycles. The molecule has 1 rings (SSSR count). The molecular weight excluding hydrogens is 152 g/mol. The molecule has 0 saturated carbocycles. The number of carbonyl (C=O) groups is 1. The van der Waals surface area contributed by atoms with Crippen molar-refractivity contribution in [3.8, 4) is 0 Å². The fourth-order valence-electron chi connectivity index (χ4n) is 0.887. The SMILES string of the molecule is O=C(O)C=CC1=CCC=CC=C1. The molecule has 0 unspecified atom stereocenters. The Morgan fingerprint density at radius 2 is 2.33 bits per heavy atom. The van der Waals surface area contributed by atoms with E-state index in [2.05, 4.69) is 0 Å². The lowest BCUT2D eigenvalue weighted by Gasteiger charge is -1.88. The average Bonchev–Trinajstić information content (AvgIpc) is 2.28. The lowest BCUT2D eigenvalue weighted by atomic mass is 10.2. The molecule has 0 bridgehead atoms. The minimum Gasteiger partial charge on any atom is -0.478 e. The zero-order chi connectivity index (χ0) is 8.81. The summed E-state index contributed by atoms with van der Waals surface area (Å²) in [6, 6.07) is 0. The molecule has 62 valence electrons. The summed E-state index contributed by atoms with van der Waals surface area (Å²) in [5.41, 5.74) is 0.933. The molecule has 1 N–H and O–H groups in total. The monoisotopic (exact) mass is 162 g/mol. The Morgan fingerprint density at radius 1 is 1.50 bits per heavy atom. The van der Waals surface area contributed by atoms with E-state index in [-0.39, 0.29) is 0 Å². The molecule has 1 aliphatic carbocycles. The molecule has 0 aromatic heterocycles. The van der Waals surface area contributed by atoms with Crippen LogP contribution in [0.1, 0.15) is 6.42 Å². The molecule has 1 aliphatic rings. The fourth-order valence-corrected chi connectivity index (χ4v) is 0.887. The van der Waals surface area contributed by atoms with E-state index in [1.165, 1.54) is 0 Å². The molecule has 0 fully saturated rings. The molecule has 0 saturated heterocycles. The van der Waals surface area contributed by atoms with Crippen molar-refractivity contribution in [3.63, 3.8) is 0 Å². The first-order valence-electron chi connectivity index (χ1n) is 3.73. The van der Waals surface area contributed by atoms with E-state index in [0.717, 1.165) is 18.1 Å². The molecule has 2 nitrogen and oxygen atoms in total. The maximum absolute atomic E-state index is 10.2. The van der Waals surface area contributed by atoms with Crippen LogP contribution in [0, 0.1) is 0 Å². The summed E-state index contributed by atoms with van der Waals surface area (Å²) in [4.78, 5) is 10.2. The Morgan fingerprint density at radius 3 is 3.08 bits per heavy atom. The number of allylic oxidation sites excluding steroid dienone is 7. The van der Waals surface area contributed by atoms with Crippen molar-refractivity contribution in [1.82, 2.24) is 0 Å². The molecule has 0 aromatic rings. The highest BCUT2D eigenvalue weighted by Crippen LogP contribution is 2.05. The average molecular weight is 162 g/mol. The van der Waals surface area contributed by atoms with Gasteiger partial charge in [0.25, 0.3) is 0 Å². The summed E-state index contributed by atoms with van der Waals surface area (Å²) in [6.45, 7) is 0. The molecule has 12 heavy (non-hydrogen) atoms. The third kappa shape index (κ3) is 3.01. The van der Waals surface area contributed by atoms with Gasteiger partial charge in [-0.15, -0.1) is 0 Å². The van der Waals surface area contributed by atoms with Crippen molar-refractivity contribution >= 4 is 5.97 Å². The van der Waals surface area contributed by atoms with E-state index in [1.54, 1.807) is 6.08 Å². The Balaban J connectivity index is 2.64. The van der Waals surface area contributed by atoms with Crippen LogP contribution in [0.5, 0.6) is 0 Å². The highest BCUT2D eigenvalue weighted by molar-refractivity contribution is 5.80. The zero-order valence-electron chi connectivity index (χ0n) is 6.60. The Hall–Kier alpha value is -1.57. The Bertz CT molecular complexity index is 280. The van der Waals surface area contributed by atoms with Gasteiger partial charge in [0.2, 0.25) is 0 Å². The van der Waals surface area contributed by atoms with Crippen LogP contribution in [0.25, 0.3) is 0 Å². The molecule has 0 heterocycles. The van der Waals surface area contributed by atoms with Gasteiger partial charge in [-0.3, -0.25) is 0 Å². The van der Waals surface area contributed by atoms with E-state index < -0.39 is 5.97 Å². The van der Waals surface area contributed by atoms with Gasteiger partial charge < -0.3 is 5.11 Å². The van der Waals surface area contributed by atoms with Gasteiger partial charge in [-0.2, -0.15) is 0 Å². The maximum Gasteiger partial charge on any atom is 0.328 e. The summed E-state index contributed by atoms with van der Waals surface area (Å²) in [5.74, 6) is -0.915. The molecule has 0 atom stereocenters. The second-order valence-electron chi connectivity index (χ2n) is 2.40. The smallest absolute Gasteiger partial charge is 0.328 e. The Kier molecular flexibility index (Phi) is 3.08. The summed E-state index contributed by atoms with van der Waals surface area (Å²) in [7, 11) is 0. The van der Waals surface area contributed by atoms with E-state index in [9.17, 15) is 4.79 Å². The van der Waals surface area contributed by atoms with Gasteiger partial charge in [0.05, 0.1) is 0 Å². The van der Waals surface area contributed by atoms with Crippen LogP contribution in [-0.2, 0) is 4.79 Å². The van der Waals surface area contributed by atoms with Gasteiger partial charge in [-0.1, -0.05) is 30.4 Å². The van der Waals surface area contributed by atoms with Crippen LogP contribution in [-0.4, -0.2) is 11.1 Å². The van der Waals surface area contributed by atoms with E-state index >= 15 is 0 Å². The van der Waals surface area contributed by atoms with Gasteiger partial charge in [-0.05, 0) is 18.1 Å². The second-order valence-corrected chi connectivity index (χ2v) is 2.40. The van der Waals surface area contributed by atoms with Gasteiger partial charge >= 0.3 is 5.97 Å². The molecule has 0 amide bonds. The van der Waals surface area contributed by atoms with Crippen molar-refractivity contribution in [1.29, 1.82) is 0 Å². The lowest BCUT2D eigenvalue weighted by Crippen LogP contribution is -1.86. The van der Waals surface area contributed by atoms with Gasteiger partial charge in [0.15, 0.2) is 0 Å². The van der Waals surface area contributed by atoms with Crippen LogP contribution in [0.15, 0.2) is 48.1 Å². The Labute approximate surface area is 71.2 Å². The molecule has 0 radical (unpaired) electrons. The van der Waals surface area contributed by atoms with Crippen LogP contribution in [0.3, 0.4) is 0 Å². The van der Waals surface area contributed by atoms with Gasteiger partial charge in [-0.25, -0.2) is 4.79 Å². The van der Waals surface area contributed by atoms with Crippen molar-refractivity contribution in [2.45, 2.75) is 6.42 Å². The first-order chi connectivity index (χ1) is 5.79. The number of hydrogen-bond acceptors (Lipinski definition) is 1. The quantitative estimate of drug-likeness (QED) is 0.631. The third-order valence-electron chi connectivity index (χ3n) is 1.44. The van der Waals surface area contributed by atoms with Crippen LogP contribution >= 0.6 is 0 Å². The highest BCUT2D eigenvalue weighted by Gasteiger charge is 1.89. The van der Waals surface area contributed by atoms with Crippen molar-refractivity contribution in [2.75, 3.05) is 0 Å². The van der Waals surface area contributed by atoms with Crippen molar-refractivity contribution in [3.05, 3.63) is 48.1 Å². The lowest BCUT2D eigenvalue weighted by molar-refractivity contribution is -0.131. The number of rotatable bonds is 2. The molecule has 0 spiro atoms. The van der Waals surface area contributed by atoms with E-state index in [4.69, 9.17) is 5.11 Å². The first-order valence-corrected chi connectivity index (χ1v) is 3.73. The number of carboxylic acids is 1. The van der Waals surface area contributed by atoms with Crippen LogP contribution < -0.4 is 0 Å². The van der Waals surface area contributed by atoms with Crippen molar-refractivity contribution < 1.29 is 9.90 Å². The normalized spacial score (nSPS) is 16.2. The second kappa shape index (κ2) is 4.34. The number of aliphatic carboxylic acids is 1. The maximum atomic E-state index is 10.2. The fraction of sp³-hybridized carbons (Fsp3) is 0.100. The van der Waals surface area contributed by atoms with E-state index in [0.29, 0.717) is 0 Å². The predicted octanol–water partition coefficient (Wildman–Crippen LogP) is 2.07. The van der Waals surface area contributed by atoms with Crippen LogP contribution in [0.2, 0.25) is 0 Å². The molecular formula is C10H10O2. The topological polar surface area (TPSA) is 37.3 Å². The minimum atomic E-state index is -0.915. The zero-order valence-corrected chi connectivity index (χ0v) is 6.60. The number of carboxylic acid groups (broad SMARTS) is 1. The third-order valence-corrected chi connectivity index (χ3v) is 1.44. The summed E-state index contributed by atoms with van der Waals surface area (Å²) in [5, 5.41) is 8.36. The minimum absolute atomic E-state index is 0.853. The van der Waals surface area contributed by atoms with Crippen LogP contribution in [0.4, 0.5) is 0 Å². The summed E-state index contributed by atoms with van der Waals surface area (Å²) < 4.78 is 0. The molecule has 2 heteroatoms. The largest absolute Gasteiger partial charge is 0.478 e. The molecule has 0 aromatic carbocycles. The van der Waals surface area contributed by atoms with E-state index in [1.807, 2.05) is 30.4 Å². The number of hydrogen-bond donors (Lipinski definition) is 1. The predicted molar refractivity (Wildman–Crippen MR) is 47.8 cm³/mol. The van der Waals surface area contributed by atoms with Gasteiger partial charge in [0.1, 0.15) is 0 Å². The summed E-state index contributed by atoms with van der Waals surface area (Å²) in [6.07, 6.45) is 13.3. The standard InChI is InChI=1S/C10H10O2/c11-10(12)8-7-9-5-3-1-2-4-6-9/h1-3,5-8H,4H2,(H,11,12). The first kappa shape index (κ1) is 8.53. The summed E-state index contributed by atoms with van der Waals surface area (Å²) >= 11 is 0. The van der Waals surface area contributed by atoms with Crippen molar-refractivity contribution in [2.24, 2.45) is 0 Å². The highest BCUT2D eigenvalue weighted by atomic mass is 16.4. The van der Waals surface area contributed by atoms with Gasteiger partial charge in [0, 0.05) is 6.08 Å².